The van der Waals surface area contributed by atoms with Crippen molar-refractivity contribution < 1.29 is 9.53 Å². The van der Waals surface area contributed by atoms with Gasteiger partial charge in [0, 0.05) is 38.2 Å². The van der Waals surface area contributed by atoms with Gasteiger partial charge in [-0.15, -0.1) is 0 Å². The van der Waals surface area contributed by atoms with E-state index in [9.17, 15) is 4.79 Å². The molecule has 3 saturated heterocycles. The zero-order valence-corrected chi connectivity index (χ0v) is 11.1. The number of nitrogens with one attached hydrogen (secondary N) is 1. The van der Waals surface area contributed by atoms with E-state index >= 15 is 0 Å². The lowest BCUT2D eigenvalue weighted by Crippen LogP contribution is -2.41. The van der Waals surface area contributed by atoms with Crippen molar-refractivity contribution in [1.29, 1.82) is 0 Å². The average molecular weight is 252 g/mol. The van der Waals surface area contributed by atoms with Crippen molar-refractivity contribution in [2.45, 2.75) is 50.6 Å². The number of nitrogens with zero attached hydrogens (tertiary/aromatic N) is 1. The molecular formula is C14H24N2O2. The maximum Gasteiger partial charge on any atom is 0.222 e. The Morgan fingerprint density at radius 1 is 1.17 bits per heavy atom. The molecule has 0 aromatic heterocycles. The van der Waals surface area contributed by atoms with Crippen molar-refractivity contribution in [2.24, 2.45) is 5.92 Å². The molecule has 3 heterocycles. The molecule has 0 aromatic carbocycles. The molecule has 102 valence electrons. The van der Waals surface area contributed by atoms with Crippen LogP contribution in [0.5, 0.6) is 0 Å². The van der Waals surface area contributed by atoms with Gasteiger partial charge in [0.2, 0.25) is 5.91 Å². The summed E-state index contributed by atoms with van der Waals surface area (Å²) in [6.07, 6.45) is 6.77. The van der Waals surface area contributed by atoms with Crippen LogP contribution >= 0.6 is 0 Å². The van der Waals surface area contributed by atoms with Crippen molar-refractivity contribution in [1.82, 2.24) is 10.2 Å². The third kappa shape index (κ3) is 2.86. The molecule has 18 heavy (non-hydrogen) atoms. The summed E-state index contributed by atoms with van der Waals surface area (Å²) in [6.45, 7) is 3.19. The Labute approximate surface area is 109 Å². The van der Waals surface area contributed by atoms with E-state index in [1.54, 1.807) is 0 Å². The molecule has 0 spiro atoms. The number of carbonyl (C=O) groups excluding carboxylic acids is 1. The first-order valence-electron chi connectivity index (χ1n) is 7.43. The second-order valence-corrected chi connectivity index (χ2v) is 6.03. The Hall–Kier alpha value is -0.610. The zero-order chi connectivity index (χ0) is 12.4. The van der Waals surface area contributed by atoms with Gasteiger partial charge in [0.25, 0.3) is 0 Å². The van der Waals surface area contributed by atoms with Crippen molar-refractivity contribution in [3.8, 4) is 0 Å². The van der Waals surface area contributed by atoms with Gasteiger partial charge >= 0.3 is 0 Å². The molecule has 3 rings (SSSR count). The largest absolute Gasteiger partial charge is 0.380 e. The van der Waals surface area contributed by atoms with Crippen LogP contribution in [0.1, 0.15) is 38.5 Å². The van der Waals surface area contributed by atoms with Crippen LogP contribution in [0.3, 0.4) is 0 Å². The van der Waals surface area contributed by atoms with Crippen LogP contribution in [-0.4, -0.2) is 49.2 Å². The summed E-state index contributed by atoms with van der Waals surface area (Å²) in [5.41, 5.74) is 0. The van der Waals surface area contributed by atoms with Crippen LogP contribution in [0.25, 0.3) is 0 Å². The highest BCUT2D eigenvalue weighted by Crippen LogP contribution is 2.32. The molecule has 3 fully saturated rings. The second kappa shape index (κ2) is 5.57. The van der Waals surface area contributed by atoms with E-state index in [2.05, 4.69) is 5.32 Å². The van der Waals surface area contributed by atoms with Crippen LogP contribution in [0.2, 0.25) is 0 Å². The minimum atomic E-state index is 0.354. The lowest BCUT2D eigenvalue weighted by Gasteiger charge is -2.30. The highest BCUT2D eigenvalue weighted by atomic mass is 16.5. The van der Waals surface area contributed by atoms with Gasteiger partial charge in [-0.2, -0.15) is 0 Å². The third-order valence-corrected chi connectivity index (χ3v) is 4.61. The smallest absolute Gasteiger partial charge is 0.222 e. The van der Waals surface area contributed by atoms with Gasteiger partial charge in [0.15, 0.2) is 0 Å². The molecule has 4 nitrogen and oxygen atoms in total. The van der Waals surface area contributed by atoms with Crippen LogP contribution in [0, 0.1) is 5.92 Å². The monoisotopic (exact) mass is 252 g/mol. The summed E-state index contributed by atoms with van der Waals surface area (Å²) in [5, 5.41) is 3.64. The molecule has 2 bridgehead atoms. The maximum absolute atomic E-state index is 12.3. The van der Waals surface area contributed by atoms with Crippen molar-refractivity contribution in [3.05, 3.63) is 0 Å². The highest BCUT2D eigenvalue weighted by molar-refractivity contribution is 5.76. The highest BCUT2D eigenvalue weighted by Gasteiger charge is 2.34. The molecule has 4 heteroatoms. The Morgan fingerprint density at radius 3 is 2.72 bits per heavy atom. The first-order chi connectivity index (χ1) is 8.81. The van der Waals surface area contributed by atoms with Gasteiger partial charge in [0.05, 0.1) is 6.61 Å². The van der Waals surface area contributed by atoms with Crippen molar-refractivity contribution >= 4 is 5.91 Å². The van der Waals surface area contributed by atoms with E-state index in [0.717, 1.165) is 32.5 Å². The minimum absolute atomic E-state index is 0.354. The molecule has 1 N–H and O–H groups in total. The maximum atomic E-state index is 12.3. The normalized spacial score (nSPS) is 36.4. The van der Waals surface area contributed by atoms with E-state index in [0.29, 0.717) is 30.5 Å². The van der Waals surface area contributed by atoms with E-state index in [1.807, 2.05) is 4.90 Å². The Morgan fingerprint density at radius 2 is 1.94 bits per heavy atom. The molecular weight excluding hydrogens is 228 g/mol. The molecule has 3 aliphatic rings. The van der Waals surface area contributed by atoms with E-state index in [-0.39, 0.29) is 0 Å². The molecule has 3 aliphatic heterocycles. The first kappa shape index (κ1) is 12.4. The van der Waals surface area contributed by atoms with Gasteiger partial charge in [0.1, 0.15) is 0 Å². The van der Waals surface area contributed by atoms with Crippen molar-refractivity contribution in [2.75, 3.05) is 26.3 Å². The fourth-order valence-corrected chi connectivity index (χ4v) is 3.71. The van der Waals surface area contributed by atoms with Crippen LogP contribution in [0.15, 0.2) is 0 Å². The van der Waals surface area contributed by atoms with E-state index < -0.39 is 0 Å². The van der Waals surface area contributed by atoms with Crippen LogP contribution in [0.4, 0.5) is 0 Å². The van der Waals surface area contributed by atoms with Gasteiger partial charge in [-0.05, 0) is 38.0 Å². The minimum Gasteiger partial charge on any atom is -0.380 e. The number of hydrogen-bond donors (Lipinski definition) is 1. The quantitative estimate of drug-likeness (QED) is 0.802. The number of rotatable bonds is 2. The van der Waals surface area contributed by atoms with Gasteiger partial charge in [-0.25, -0.2) is 0 Å². The number of amides is 1. The predicted octanol–water partition coefficient (Wildman–Crippen LogP) is 1.16. The molecule has 0 saturated carbocycles. The number of hydrogen-bond acceptors (Lipinski definition) is 3. The lowest BCUT2D eigenvalue weighted by atomic mass is 9.89. The molecule has 0 aromatic rings. The van der Waals surface area contributed by atoms with Gasteiger partial charge < -0.3 is 15.0 Å². The van der Waals surface area contributed by atoms with Gasteiger partial charge in [-0.1, -0.05) is 0 Å². The summed E-state index contributed by atoms with van der Waals surface area (Å²) in [4.78, 5) is 14.3. The first-order valence-corrected chi connectivity index (χ1v) is 7.43. The molecule has 2 unspecified atom stereocenters. The average Bonchev–Trinajstić information content (AvgIpc) is 2.59. The predicted molar refractivity (Wildman–Crippen MR) is 69.3 cm³/mol. The Kier molecular flexibility index (Phi) is 3.85. The standard InChI is InChI=1S/C14H24N2O2/c17-14(16-4-1-6-18-7-5-16)10-11-8-12-2-3-13(9-11)15-12/h11-13,15H,1-10H2. The summed E-state index contributed by atoms with van der Waals surface area (Å²) in [5.74, 6) is 0.965. The van der Waals surface area contributed by atoms with Crippen LogP contribution in [-0.2, 0) is 9.53 Å². The summed E-state index contributed by atoms with van der Waals surface area (Å²) in [7, 11) is 0. The zero-order valence-electron chi connectivity index (χ0n) is 11.1. The third-order valence-electron chi connectivity index (χ3n) is 4.61. The van der Waals surface area contributed by atoms with Crippen LogP contribution < -0.4 is 5.32 Å². The van der Waals surface area contributed by atoms with Crippen molar-refractivity contribution in [3.63, 3.8) is 0 Å². The molecule has 0 aliphatic carbocycles. The van der Waals surface area contributed by atoms with E-state index in [4.69, 9.17) is 4.74 Å². The molecule has 2 atom stereocenters. The number of ether oxygens (including phenoxy) is 1. The van der Waals surface area contributed by atoms with E-state index in [1.165, 1.54) is 25.7 Å². The summed E-state index contributed by atoms with van der Waals surface area (Å²) in [6, 6.07) is 1.38. The number of carbonyl (C=O) groups is 1. The fraction of sp³-hybridized carbons (Fsp3) is 0.929. The molecule has 0 radical (unpaired) electrons. The molecule has 1 amide bonds. The van der Waals surface area contributed by atoms with Gasteiger partial charge in [-0.3, -0.25) is 4.79 Å². The fourth-order valence-electron chi connectivity index (χ4n) is 3.71. The topological polar surface area (TPSA) is 41.6 Å². The summed E-state index contributed by atoms with van der Waals surface area (Å²) < 4.78 is 5.41. The second-order valence-electron chi connectivity index (χ2n) is 6.03. The Balaban J connectivity index is 1.50. The number of piperidine rings is 1. The SMILES string of the molecule is O=C(CC1CC2CCC(C1)N2)N1CCCOCC1. The summed E-state index contributed by atoms with van der Waals surface area (Å²) >= 11 is 0. The lowest BCUT2D eigenvalue weighted by molar-refractivity contribution is -0.132. The Bertz CT molecular complexity index is 288. The number of fused-ring (bicyclic) bond motifs is 2.